The zero-order chi connectivity index (χ0) is 5.82. The molecule has 49 valence electrons. The Labute approximate surface area is 68.5 Å². The van der Waals surface area contributed by atoms with Crippen LogP contribution in [0.1, 0.15) is 5.56 Å². The van der Waals surface area contributed by atoms with Crippen molar-refractivity contribution in [3.63, 3.8) is 0 Å². The Bertz CT molecular complexity index is 150. The average Bonchev–Trinajstić information content (AvgIpc) is 1.90. The standard InChI is InChI=1S/C7H7.H2O.Sn.2H/c1-7-5-3-2-4-6-7;;;;/h2-6H,1H2;1H2;;;. The average molecular weight is 230 g/mol. The van der Waals surface area contributed by atoms with Crippen molar-refractivity contribution in [2.24, 2.45) is 0 Å². The van der Waals surface area contributed by atoms with Crippen LogP contribution in [0.25, 0.3) is 0 Å². The number of hydrogen-bond donors (Lipinski definition) is 0. The van der Waals surface area contributed by atoms with E-state index in [1.165, 1.54) is 10.0 Å². The molecule has 0 spiro atoms. The van der Waals surface area contributed by atoms with Crippen LogP contribution in [-0.4, -0.2) is 28.0 Å². The Balaban J connectivity index is 0.000000640. The normalized spacial score (nSPS) is 8.11. The zero-order valence-corrected chi connectivity index (χ0v) is 9.34. The van der Waals surface area contributed by atoms with E-state index < -0.39 is 0 Å². The van der Waals surface area contributed by atoms with Gasteiger partial charge in [0.1, 0.15) is 0 Å². The van der Waals surface area contributed by atoms with E-state index in [4.69, 9.17) is 0 Å². The van der Waals surface area contributed by atoms with E-state index in [0.29, 0.717) is 0 Å². The quantitative estimate of drug-likeness (QED) is 0.608. The van der Waals surface area contributed by atoms with Gasteiger partial charge in [-0.2, -0.15) is 0 Å². The zero-order valence-electron chi connectivity index (χ0n) is 5.30. The molecule has 0 saturated carbocycles. The molecule has 0 aliphatic heterocycles. The molecule has 0 aliphatic carbocycles. The van der Waals surface area contributed by atoms with Crippen molar-refractivity contribution in [3.05, 3.63) is 35.9 Å². The maximum absolute atomic E-state index is 2.18. The minimum absolute atomic E-state index is 0. The molecule has 0 aromatic heterocycles. The molecule has 0 unspecified atom stereocenters. The first kappa shape index (κ1) is 8.98. The van der Waals surface area contributed by atoms with Crippen LogP contribution in [0.15, 0.2) is 30.3 Å². The van der Waals surface area contributed by atoms with Crippen molar-refractivity contribution in [3.8, 4) is 0 Å². The molecule has 0 atom stereocenters. The van der Waals surface area contributed by atoms with Crippen molar-refractivity contribution >= 4 is 22.5 Å². The first-order valence-corrected chi connectivity index (χ1v) is 5.62. The summed E-state index contributed by atoms with van der Waals surface area (Å²) in [5.41, 5.74) is 1.49. The predicted molar refractivity (Wildman–Crippen MR) is 42.3 cm³/mol. The van der Waals surface area contributed by atoms with E-state index in [1.807, 2.05) is 0 Å². The molecule has 1 radical (unpaired) electrons. The van der Waals surface area contributed by atoms with E-state index in [2.05, 4.69) is 30.3 Å². The van der Waals surface area contributed by atoms with Crippen LogP contribution in [0.5, 0.6) is 0 Å². The molecule has 1 aromatic rings. The Morgan fingerprint density at radius 1 is 1.11 bits per heavy atom. The molecule has 9 heavy (non-hydrogen) atoms. The van der Waals surface area contributed by atoms with Crippen LogP contribution >= 0.6 is 0 Å². The molecule has 0 fully saturated rings. The molecule has 2 heteroatoms. The second-order valence-corrected chi connectivity index (χ2v) is 3.16. The second-order valence-electron chi connectivity index (χ2n) is 1.74. The summed E-state index contributed by atoms with van der Waals surface area (Å²) >= 11 is 1.08. The number of hydrogen-bond acceptors (Lipinski definition) is 0. The van der Waals surface area contributed by atoms with E-state index in [9.17, 15) is 0 Å². The molecule has 2 N–H and O–H groups in total. The summed E-state index contributed by atoms with van der Waals surface area (Å²) in [5, 5.41) is 0. The fourth-order valence-corrected chi connectivity index (χ4v) is 1.60. The molecular weight excluding hydrogens is 219 g/mol. The molecule has 0 saturated heterocycles. The summed E-state index contributed by atoms with van der Waals surface area (Å²) < 4.78 is 1.31. The van der Waals surface area contributed by atoms with Gasteiger partial charge in [0.05, 0.1) is 0 Å². The molecular formula is C7H11OSn. The monoisotopic (exact) mass is 231 g/mol. The van der Waals surface area contributed by atoms with Crippen molar-refractivity contribution in [1.82, 2.24) is 0 Å². The van der Waals surface area contributed by atoms with Gasteiger partial charge in [0.2, 0.25) is 0 Å². The number of rotatable bonds is 1. The van der Waals surface area contributed by atoms with Gasteiger partial charge in [0, 0.05) is 0 Å². The molecule has 0 heterocycles. The minimum atomic E-state index is 0. The van der Waals surface area contributed by atoms with Gasteiger partial charge in [-0.1, -0.05) is 0 Å². The topological polar surface area (TPSA) is 31.5 Å². The van der Waals surface area contributed by atoms with Crippen LogP contribution in [0.4, 0.5) is 0 Å². The third-order valence-electron chi connectivity index (χ3n) is 1.13. The Hall–Kier alpha value is -0.0213. The van der Waals surface area contributed by atoms with E-state index in [0.717, 1.165) is 22.5 Å². The molecule has 0 amide bonds. The molecule has 0 aliphatic rings. The summed E-state index contributed by atoms with van der Waals surface area (Å²) in [7, 11) is 0. The Morgan fingerprint density at radius 2 is 1.67 bits per heavy atom. The van der Waals surface area contributed by atoms with Gasteiger partial charge in [0.15, 0.2) is 0 Å². The van der Waals surface area contributed by atoms with Crippen LogP contribution in [0.3, 0.4) is 0 Å². The molecule has 1 nitrogen and oxygen atoms in total. The van der Waals surface area contributed by atoms with E-state index in [-0.39, 0.29) is 5.48 Å². The maximum atomic E-state index is 2.18. The fourth-order valence-electron chi connectivity index (χ4n) is 0.645. The summed E-state index contributed by atoms with van der Waals surface area (Å²) in [4.78, 5) is 0. The summed E-state index contributed by atoms with van der Waals surface area (Å²) in [6.45, 7) is 0. The van der Waals surface area contributed by atoms with Crippen molar-refractivity contribution in [2.75, 3.05) is 0 Å². The summed E-state index contributed by atoms with van der Waals surface area (Å²) in [6.07, 6.45) is 0. The van der Waals surface area contributed by atoms with Crippen molar-refractivity contribution in [2.45, 2.75) is 4.44 Å². The van der Waals surface area contributed by atoms with E-state index in [1.54, 1.807) is 0 Å². The Kier molecular flexibility index (Phi) is 4.81. The molecule has 1 rings (SSSR count). The van der Waals surface area contributed by atoms with Gasteiger partial charge >= 0.3 is 62.9 Å². The first-order valence-electron chi connectivity index (χ1n) is 2.76. The predicted octanol–water partition coefficient (Wildman–Crippen LogP) is -0.00500. The van der Waals surface area contributed by atoms with Gasteiger partial charge in [-0.15, -0.1) is 0 Å². The van der Waals surface area contributed by atoms with Gasteiger partial charge in [-0.3, -0.25) is 0 Å². The SMILES string of the molecule is O.[SnH2][CH2]c1ccccc1. The number of benzene rings is 1. The van der Waals surface area contributed by atoms with Crippen molar-refractivity contribution < 1.29 is 5.48 Å². The van der Waals surface area contributed by atoms with Gasteiger partial charge in [-0.05, 0) is 0 Å². The third kappa shape index (κ3) is 2.86. The van der Waals surface area contributed by atoms with Crippen LogP contribution in [0.2, 0.25) is 0 Å². The van der Waals surface area contributed by atoms with E-state index >= 15 is 0 Å². The Morgan fingerprint density at radius 3 is 2.00 bits per heavy atom. The van der Waals surface area contributed by atoms with Crippen molar-refractivity contribution in [1.29, 1.82) is 0 Å². The first-order chi connectivity index (χ1) is 3.93. The van der Waals surface area contributed by atoms with Crippen LogP contribution in [-0.2, 0) is 4.44 Å². The van der Waals surface area contributed by atoms with Gasteiger partial charge < -0.3 is 5.48 Å². The van der Waals surface area contributed by atoms with Crippen LogP contribution in [0, 0.1) is 0 Å². The third-order valence-corrected chi connectivity index (χ3v) is 2.78. The summed E-state index contributed by atoms with van der Waals surface area (Å²) in [6, 6.07) is 10.6. The molecule has 1 aromatic carbocycles. The van der Waals surface area contributed by atoms with Gasteiger partial charge in [-0.25, -0.2) is 0 Å². The summed E-state index contributed by atoms with van der Waals surface area (Å²) in [5.74, 6) is 0. The fraction of sp³-hybridized carbons (Fsp3) is 0.143. The van der Waals surface area contributed by atoms with Gasteiger partial charge in [0.25, 0.3) is 0 Å². The molecule has 0 bridgehead atoms. The second kappa shape index (κ2) is 4.82. The van der Waals surface area contributed by atoms with Crippen LogP contribution < -0.4 is 0 Å².